The monoisotopic (exact) mass is 412 g/mol. The molecule has 7 nitrogen and oxygen atoms in total. The Bertz CT molecular complexity index is 1070. The Labute approximate surface area is 170 Å². The van der Waals surface area contributed by atoms with Crippen LogP contribution in [0.4, 0.5) is 0 Å². The minimum Gasteiger partial charge on any atom is -0.339 e. The fourth-order valence-corrected chi connectivity index (χ4v) is 3.63. The highest BCUT2D eigenvalue weighted by Crippen LogP contribution is 2.24. The quantitative estimate of drug-likeness (QED) is 0.277. The molecule has 0 fully saturated rings. The number of nitrogens with two attached hydrogens (primary N) is 1. The molecule has 4 rings (SSSR count). The molecule has 0 radical (unpaired) electrons. The molecule has 9 heteroatoms. The molecule has 0 saturated heterocycles. The highest BCUT2D eigenvalue weighted by Gasteiger charge is 2.13. The number of nitrogens with zero attached hydrogens (tertiary/aromatic N) is 5. The van der Waals surface area contributed by atoms with Crippen LogP contribution >= 0.6 is 23.4 Å². The zero-order valence-electron chi connectivity index (χ0n) is 14.8. The summed E-state index contributed by atoms with van der Waals surface area (Å²) in [7, 11) is 0. The van der Waals surface area contributed by atoms with Crippen molar-refractivity contribution in [3.63, 3.8) is 0 Å². The van der Waals surface area contributed by atoms with Crippen molar-refractivity contribution in [1.29, 1.82) is 0 Å². The predicted molar refractivity (Wildman–Crippen MR) is 109 cm³/mol. The zero-order valence-corrected chi connectivity index (χ0v) is 16.4. The molecular formula is C19H17ClN6OS. The van der Waals surface area contributed by atoms with Crippen molar-refractivity contribution in [1.82, 2.24) is 25.0 Å². The van der Waals surface area contributed by atoms with Gasteiger partial charge in [-0.15, -0.1) is 10.2 Å². The molecule has 0 saturated carbocycles. The molecule has 0 unspecified atom stereocenters. The van der Waals surface area contributed by atoms with Gasteiger partial charge in [-0.25, -0.2) is 4.68 Å². The Balaban J connectivity index is 1.32. The fourth-order valence-electron chi connectivity index (χ4n) is 2.65. The summed E-state index contributed by atoms with van der Waals surface area (Å²) >= 11 is 7.56. The summed E-state index contributed by atoms with van der Waals surface area (Å²) in [5.74, 6) is 8.74. The first kappa shape index (κ1) is 18.5. The zero-order chi connectivity index (χ0) is 19.3. The Kier molecular flexibility index (Phi) is 5.59. The van der Waals surface area contributed by atoms with Gasteiger partial charge in [0.05, 0.1) is 0 Å². The maximum atomic E-state index is 6.13. The lowest BCUT2D eigenvalue weighted by Crippen LogP contribution is -2.11. The SMILES string of the molecule is Nn1c(SCCCc2nc(-c3ccccc3)no2)nnc1-c1cccc(Cl)c1. The van der Waals surface area contributed by atoms with E-state index in [0.717, 1.165) is 23.3 Å². The van der Waals surface area contributed by atoms with Gasteiger partial charge in [0.1, 0.15) is 0 Å². The minimum absolute atomic E-state index is 0.578. The lowest BCUT2D eigenvalue weighted by molar-refractivity contribution is 0.378. The average molecular weight is 413 g/mol. The van der Waals surface area contributed by atoms with E-state index in [1.807, 2.05) is 48.5 Å². The van der Waals surface area contributed by atoms with Crippen LogP contribution in [0.2, 0.25) is 5.02 Å². The standard InChI is InChI=1S/C19H17ClN6OS/c20-15-9-4-8-14(12-15)18-23-24-19(26(18)21)28-11-5-10-16-22-17(25-27-16)13-6-2-1-3-7-13/h1-4,6-9,12H,5,10-11,21H2. The third kappa shape index (κ3) is 4.18. The van der Waals surface area contributed by atoms with Crippen LogP contribution in [-0.2, 0) is 6.42 Å². The van der Waals surface area contributed by atoms with E-state index in [2.05, 4.69) is 20.3 Å². The number of rotatable bonds is 7. The first-order chi connectivity index (χ1) is 13.7. The maximum Gasteiger partial charge on any atom is 0.226 e. The normalized spacial score (nSPS) is 11.0. The van der Waals surface area contributed by atoms with Crippen LogP contribution < -0.4 is 5.84 Å². The largest absolute Gasteiger partial charge is 0.339 e. The summed E-state index contributed by atoms with van der Waals surface area (Å²) in [6.45, 7) is 0. The molecule has 2 aromatic carbocycles. The number of halogens is 1. The topological polar surface area (TPSA) is 95.7 Å². The van der Waals surface area contributed by atoms with Gasteiger partial charge in [0, 0.05) is 28.3 Å². The van der Waals surface area contributed by atoms with E-state index in [-0.39, 0.29) is 0 Å². The molecule has 28 heavy (non-hydrogen) atoms. The van der Waals surface area contributed by atoms with Crippen LogP contribution in [0, 0.1) is 0 Å². The maximum absolute atomic E-state index is 6.13. The number of hydrogen-bond acceptors (Lipinski definition) is 7. The fraction of sp³-hybridized carbons (Fsp3) is 0.158. The molecule has 0 aliphatic heterocycles. The van der Waals surface area contributed by atoms with Crippen molar-refractivity contribution in [2.24, 2.45) is 0 Å². The minimum atomic E-state index is 0.578. The second-order valence-electron chi connectivity index (χ2n) is 6.02. The smallest absolute Gasteiger partial charge is 0.226 e. The van der Waals surface area contributed by atoms with Gasteiger partial charge in [0.2, 0.25) is 16.9 Å². The van der Waals surface area contributed by atoms with E-state index in [0.29, 0.717) is 34.1 Å². The Hall–Kier alpha value is -2.84. The summed E-state index contributed by atoms with van der Waals surface area (Å²) in [6.07, 6.45) is 1.53. The number of aromatic nitrogens is 5. The molecule has 0 aliphatic rings. The van der Waals surface area contributed by atoms with E-state index in [1.165, 1.54) is 16.4 Å². The van der Waals surface area contributed by atoms with Gasteiger partial charge < -0.3 is 10.4 Å². The molecule has 0 bridgehead atoms. The summed E-state index contributed by atoms with van der Waals surface area (Å²) in [6, 6.07) is 17.1. The summed E-state index contributed by atoms with van der Waals surface area (Å²) < 4.78 is 6.81. The molecule has 0 amide bonds. The Morgan fingerprint density at radius 3 is 2.68 bits per heavy atom. The van der Waals surface area contributed by atoms with Crippen LogP contribution in [0.5, 0.6) is 0 Å². The highest BCUT2D eigenvalue weighted by atomic mass is 35.5. The predicted octanol–water partition coefficient (Wildman–Crippen LogP) is 4.09. The van der Waals surface area contributed by atoms with E-state index < -0.39 is 0 Å². The van der Waals surface area contributed by atoms with E-state index in [4.69, 9.17) is 22.0 Å². The van der Waals surface area contributed by atoms with Gasteiger partial charge in [-0.3, -0.25) is 0 Å². The molecule has 2 N–H and O–H groups in total. The molecule has 0 atom stereocenters. The van der Waals surface area contributed by atoms with Gasteiger partial charge in [-0.05, 0) is 18.6 Å². The lowest BCUT2D eigenvalue weighted by Gasteiger charge is -2.03. The number of thioether (sulfide) groups is 1. The number of aryl methyl sites for hydroxylation is 1. The van der Waals surface area contributed by atoms with Crippen LogP contribution in [0.1, 0.15) is 12.3 Å². The van der Waals surface area contributed by atoms with Crippen LogP contribution in [0.25, 0.3) is 22.8 Å². The van der Waals surface area contributed by atoms with Crippen LogP contribution in [-0.4, -0.2) is 30.8 Å². The second-order valence-corrected chi connectivity index (χ2v) is 7.51. The van der Waals surface area contributed by atoms with Gasteiger partial charge >= 0.3 is 0 Å². The van der Waals surface area contributed by atoms with Gasteiger partial charge in [-0.1, -0.05) is 71.0 Å². The molecule has 142 valence electrons. The van der Waals surface area contributed by atoms with Crippen LogP contribution in [0.3, 0.4) is 0 Å². The Morgan fingerprint density at radius 2 is 1.86 bits per heavy atom. The second kappa shape index (κ2) is 8.45. The van der Waals surface area contributed by atoms with Crippen molar-refractivity contribution >= 4 is 23.4 Å². The summed E-state index contributed by atoms with van der Waals surface area (Å²) in [4.78, 5) is 4.44. The van der Waals surface area contributed by atoms with E-state index in [1.54, 1.807) is 6.07 Å². The Morgan fingerprint density at radius 1 is 1.04 bits per heavy atom. The lowest BCUT2D eigenvalue weighted by atomic mass is 10.2. The van der Waals surface area contributed by atoms with E-state index in [9.17, 15) is 0 Å². The molecule has 2 heterocycles. The number of hydrogen-bond donors (Lipinski definition) is 1. The van der Waals surface area contributed by atoms with Crippen molar-refractivity contribution in [2.45, 2.75) is 18.0 Å². The first-order valence-corrected chi connectivity index (χ1v) is 10.0. The highest BCUT2D eigenvalue weighted by molar-refractivity contribution is 7.99. The van der Waals surface area contributed by atoms with Crippen molar-refractivity contribution in [3.8, 4) is 22.8 Å². The third-order valence-electron chi connectivity index (χ3n) is 4.01. The van der Waals surface area contributed by atoms with Crippen molar-refractivity contribution in [2.75, 3.05) is 11.6 Å². The van der Waals surface area contributed by atoms with Gasteiger partial charge in [0.25, 0.3) is 0 Å². The average Bonchev–Trinajstić information content (AvgIpc) is 3.33. The molecule has 2 aromatic heterocycles. The van der Waals surface area contributed by atoms with Gasteiger partial charge in [-0.2, -0.15) is 4.98 Å². The molecule has 4 aromatic rings. The third-order valence-corrected chi connectivity index (χ3v) is 5.28. The first-order valence-electron chi connectivity index (χ1n) is 8.68. The van der Waals surface area contributed by atoms with Crippen molar-refractivity contribution < 1.29 is 4.52 Å². The number of nitrogen functional groups attached to an aromatic ring is 1. The van der Waals surface area contributed by atoms with E-state index >= 15 is 0 Å². The number of benzene rings is 2. The molecular weight excluding hydrogens is 396 g/mol. The van der Waals surface area contributed by atoms with Gasteiger partial charge in [0.15, 0.2) is 5.82 Å². The molecule has 0 spiro atoms. The summed E-state index contributed by atoms with van der Waals surface area (Å²) in [5, 5.41) is 13.6. The molecule has 0 aliphatic carbocycles. The van der Waals surface area contributed by atoms with Crippen molar-refractivity contribution in [3.05, 3.63) is 65.5 Å². The summed E-state index contributed by atoms with van der Waals surface area (Å²) in [5.41, 5.74) is 1.77. The van der Waals surface area contributed by atoms with Crippen LogP contribution in [0.15, 0.2) is 64.3 Å².